The summed E-state index contributed by atoms with van der Waals surface area (Å²) in [7, 11) is 0. The van der Waals surface area contributed by atoms with Crippen LogP contribution in [-0.2, 0) is 0 Å². The molecule has 0 aliphatic carbocycles. The van der Waals surface area contributed by atoms with Crippen molar-refractivity contribution in [1.29, 1.82) is 0 Å². The Morgan fingerprint density at radius 1 is 1.11 bits per heavy atom. The van der Waals surface area contributed by atoms with Gasteiger partial charge >= 0.3 is 0 Å². The molecule has 1 aliphatic rings. The number of phenolic OH excluding ortho intramolecular Hbond substituents is 1. The van der Waals surface area contributed by atoms with Crippen LogP contribution in [0, 0.1) is 6.92 Å². The van der Waals surface area contributed by atoms with Crippen LogP contribution < -0.4 is 10.6 Å². The monoisotopic (exact) mass is 503 g/mol. The van der Waals surface area contributed by atoms with Gasteiger partial charge in [0.15, 0.2) is 0 Å². The normalized spacial score (nSPS) is 13.7. The number of aromatic hydroxyl groups is 1. The molecule has 36 heavy (non-hydrogen) atoms. The van der Waals surface area contributed by atoms with Gasteiger partial charge in [-0.25, -0.2) is 9.97 Å². The minimum Gasteiger partial charge on any atom is -0.508 e. The number of fused-ring (bicyclic) bond motifs is 1. The van der Waals surface area contributed by atoms with Gasteiger partial charge in [-0.05, 0) is 86.4 Å². The predicted octanol–water partition coefficient (Wildman–Crippen LogP) is 4.32. The molecule has 1 saturated heterocycles. The summed E-state index contributed by atoms with van der Waals surface area (Å²) in [5.74, 6) is 0.260. The van der Waals surface area contributed by atoms with Crippen molar-refractivity contribution in [2.24, 2.45) is 0 Å². The Kier molecular flexibility index (Phi) is 6.92. The molecule has 10 heteroatoms. The lowest BCUT2D eigenvalue weighted by Gasteiger charge is -2.14. The van der Waals surface area contributed by atoms with Crippen molar-refractivity contribution < 1.29 is 9.90 Å². The van der Waals surface area contributed by atoms with Gasteiger partial charge in [0.1, 0.15) is 17.0 Å². The fraction of sp³-hybridized carbons (Fsp3) is 0.269. The third kappa shape index (κ3) is 5.37. The summed E-state index contributed by atoms with van der Waals surface area (Å²) in [6.45, 7) is 5.61. The highest BCUT2D eigenvalue weighted by atomic mass is 35.5. The van der Waals surface area contributed by atoms with Gasteiger partial charge in [-0.3, -0.25) is 4.79 Å². The van der Waals surface area contributed by atoms with Crippen LogP contribution in [0.5, 0.6) is 5.75 Å². The first-order valence-corrected chi connectivity index (χ1v) is 12.2. The summed E-state index contributed by atoms with van der Waals surface area (Å²) >= 11 is 6.33. The van der Waals surface area contributed by atoms with E-state index < -0.39 is 0 Å². The summed E-state index contributed by atoms with van der Waals surface area (Å²) in [5.41, 5.74) is 4.70. The molecule has 1 amide bonds. The lowest BCUT2D eigenvalue weighted by atomic mass is 10.0. The number of hydrogen-bond acceptors (Lipinski definition) is 8. The minimum atomic E-state index is -0.192. The molecule has 2 aromatic carbocycles. The van der Waals surface area contributed by atoms with Crippen molar-refractivity contribution in [3.05, 3.63) is 64.9 Å². The SMILES string of the molecule is Cc1cc(-c2cc(O)ccc2Cl)cc2nnc(Nc3ccc(C(=O)NCCN4CCCC4)nc3)nc12. The summed E-state index contributed by atoms with van der Waals surface area (Å²) < 4.78 is 0. The largest absolute Gasteiger partial charge is 0.508 e. The van der Waals surface area contributed by atoms with E-state index in [-0.39, 0.29) is 11.7 Å². The first-order chi connectivity index (χ1) is 17.5. The molecule has 0 radical (unpaired) electrons. The van der Waals surface area contributed by atoms with Crippen molar-refractivity contribution >= 4 is 40.2 Å². The molecule has 184 valence electrons. The van der Waals surface area contributed by atoms with Crippen LogP contribution in [-0.4, -0.2) is 62.3 Å². The van der Waals surface area contributed by atoms with Crippen LogP contribution in [0.3, 0.4) is 0 Å². The maximum absolute atomic E-state index is 12.4. The van der Waals surface area contributed by atoms with Gasteiger partial charge < -0.3 is 20.6 Å². The Labute approximate surface area is 213 Å². The van der Waals surface area contributed by atoms with Gasteiger partial charge in [-0.1, -0.05) is 11.6 Å². The van der Waals surface area contributed by atoms with Crippen LogP contribution in [0.2, 0.25) is 5.02 Å². The number of rotatable bonds is 7. The van der Waals surface area contributed by atoms with Crippen molar-refractivity contribution in [2.45, 2.75) is 19.8 Å². The maximum atomic E-state index is 12.4. The Morgan fingerprint density at radius 2 is 1.94 bits per heavy atom. The third-order valence-electron chi connectivity index (χ3n) is 6.18. The molecular weight excluding hydrogens is 478 g/mol. The second-order valence-corrected chi connectivity index (χ2v) is 9.23. The fourth-order valence-corrected chi connectivity index (χ4v) is 4.54. The average molecular weight is 504 g/mol. The summed E-state index contributed by atoms with van der Waals surface area (Å²) in [6.07, 6.45) is 4.03. The number of benzene rings is 2. The zero-order chi connectivity index (χ0) is 25.1. The van der Waals surface area contributed by atoms with Gasteiger partial charge in [0, 0.05) is 23.7 Å². The number of anilines is 2. The molecule has 0 unspecified atom stereocenters. The number of amides is 1. The van der Waals surface area contributed by atoms with Crippen molar-refractivity contribution in [2.75, 3.05) is 31.5 Å². The van der Waals surface area contributed by atoms with Gasteiger partial charge in [0.05, 0.1) is 17.4 Å². The lowest BCUT2D eigenvalue weighted by Crippen LogP contribution is -2.33. The van der Waals surface area contributed by atoms with Crippen LogP contribution in [0.4, 0.5) is 11.6 Å². The molecule has 0 bridgehead atoms. The topological polar surface area (TPSA) is 116 Å². The van der Waals surface area contributed by atoms with E-state index in [0.29, 0.717) is 45.5 Å². The Hall–Kier alpha value is -3.82. The van der Waals surface area contributed by atoms with Crippen LogP contribution >= 0.6 is 11.6 Å². The number of aromatic nitrogens is 4. The molecular formula is C26H26ClN7O2. The Bertz CT molecular complexity index is 1410. The number of carbonyl (C=O) groups excluding carboxylic acids is 1. The van der Waals surface area contributed by atoms with Crippen molar-refractivity contribution in [3.63, 3.8) is 0 Å². The Balaban J connectivity index is 1.27. The third-order valence-corrected chi connectivity index (χ3v) is 6.51. The number of pyridine rings is 1. The molecule has 4 aromatic rings. The summed E-state index contributed by atoms with van der Waals surface area (Å²) in [4.78, 5) is 23.6. The summed E-state index contributed by atoms with van der Waals surface area (Å²) in [6, 6.07) is 12.0. The van der Waals surface area contributed by atoms with Gasteiger partial charge in [-0.15, -0.1) is 10.2 Å². The molecule has 0 spiro atoms. The van der Waals surface area contributed by atoms with E-state index in [0.717, 1.165) is 30.8 Å². The highest BCUT2D eigenvalue weighted by Gasteiger charge is 2.14. The molecule has 3 heterocycles. The van der Waals surface area contributed by atoms with Gasteiger partial charge in [-0.2, -0.15) is 0 Å². The molecule has 0 saturated carbocycles. The first kappa shape index (κ1) is 23.9. The van der Waals surface area contributed by atoms with E-state index in [1.165, 1.54) is 12.8 Å². The number of phenols is 1. The molecule has 5 rings (SSSR count). The second kappa shape index (κ2) is 10.4. The van der Waals surface area contributed by atoms with Crippen molar-refractivity contribution in [1.82, 2.24) is 30.4 Å². The fourth-order valence-electron chi connectivity index (χ4n) is 4.31. The second-order valence-electron chi connectivity index (χ2n) is 8.82. The number of aryl methyl sites for hydroxylation is 1. The summed E-state index contributed by atoms with van der Waals surface area (Å²) in [5, 5.41) is 24.9. The molecule has 3 N–H and O–H groups in total. The van der Waals surface area contributed by atoms with E-state index in [4.69, 9.17) is 11.6 Å². The standard InChI is InChI=1S/C26H26ClN7O2/c1-16-12-17(20-14-19(35)5-6-21(20)27)13-23-24(16)31-26(33-32-23)30-18-4-7-22(29-15-18)25(36)28-8-11-34-9-2-3-10-34/h4-7,12-15,35H,2-3,8-11H2,1H3,(H,28,36)(H,30,31,33). The van der Waals surface area contributed by atoms with E-state index in [2.05, 4.69) is 35.7 Å². The van der Waals surface area contributed by atoms with Gasteiger partial charge in [0.25, 0.3) is 5.91 Å². The number of nitrogens with one attached hydrogen (secondary N) is 2. The number of nitrogens with zero attached hydrogens (tertiary/aromatic N) is 5. The molecule has 0 atom stereocenters. The lowest BCUT2D eigenvalue weighted by molar-refractivity contribution is 0.0945. The predicted molar refractivity (Wildman–Crippen MR) is 140 cm³/mol. The highest BCUT2D eigenvalue weighted by Crippen LogP contribution is 2.33. The quantitative estimate of drug-likeness (QED) is 0.341. The zero-order valence-corrected chi connectivity index (χ0v) is 20.6. The van der Waals surface area contributed by atoms with Crippen LogP contribution in [0.25, 0.3) is 22.2 Å². The van der Waals surface area contributed by atoms with Crippen molar-refractivity contribution in [3.8, 4) is 16.9 Å². The van der Waals surface area contributed by atoms with E-state index in [1.54, 1.807) is 36.5 Å². The number of hydrogen-bond donors (Lipinski definition) is 3. The number of halogens is 1. The highest BCUT2D eigenvalue weighted by molar-refractivity contribution is 6.33. The molecule has 2 aromatic heterocycles. The Morgan fingerprint density at radius 3 is 2.72 bits per heavy atom. The number of likely N-dealkylation sites (tertiary alicyclic amines) is 1. The van der Waals surface area contributed by atoms with Gasteiger partial charge in [0.2, 0.25) is 5.95 Å². The van der Waals surface area contributed by atoms with Crippen LogP contribution in [0.15, 0.2) is 48.7 Å². The molecule has 1 fully saturated rings. The van der Waals surface area contributed by atoms with E-state index >= 15 is 0 Å². The maximum Gasteiger partial charge on any atom is 0.269 e. The molecule has 1 aliphatic heterocycles. The minimum absolute atomic E-state index is 0.134. The van der Waals surface area contributed by atoms with E-state index in [1.807, 2.05) is 19.1 Å². The van der Waals surface area contributed by atoms with E-state index in [9.17, 15) is 9.90 Å². The number of carbonyl (C=O) groups is 1. The van der Waals surface area contributed by atoms with Crippen LogP contribution in [0.1, 0.15) is 28.9 Å². The first-order valence-electron chi connectivity index (χ1n) is 11.8. The average Bonchev–Trinajstić information content (AvgIpc) is 3.40. The smallest absolute Gasteiger partial charge is 0.269 e. The zero-order valence-electron chi connectivity index (χ0n) is 19.8. The molecule has 9 nitrogen and oxygen atoms in total.